The van der Waals surface area contributed by atoms with E-state index in [9.17, 15) is 0 Å². The van der Waals surface area contributed by atoms with Crippen molar-refractivity contribution in [3.05, 3.63) is 11.6 Å². The molecule has 18 heavy (non-hydrogen) atoms. The van der Waals surface area contributed by atoms with Crippen molar-refractivity contribution in [2.75, 3.05) is 6.61 Å². The minimum absolute atomic E-state index is 0.325. The molecular weight excluding hydrogens is 224 g/mol. The van der Waals surface area contributed by atoms with Gasteiger partial charge in [-0.1, -0.05) is 24.5 Å². The SMILES string of the molecule is NNC(CC1CCCCO1)C1=CCCCCCC1. The lowest BCUT2D eigenvalue weighted by atomic mass is 9.91. The van der Waals surface area contributed by atoms with E-state index in [1.165, 1.54) is 63.4 Å². The fourth-order valence-corrected chi connectivity index (χ4v) is 3.12. The first kappa shape index (κ1) is 14.0. The number of nitrogens with one attached hydrogen (secondary N) is 1. The summed E-state index contributed by atoms with van der Waals surface area (Å²) in [5.74, 6) is 5.76. The third kappa shape index (κ3) is 4.38. The first-order valence-electron chi connectivity index (χ1n) is 7.67. The van der Waals surface area contributed by atoms with E-state index in [1.807, 2.05) is 0 Å². The minimum atomic E-state index is 0.325. The number of nitrogens with two attached hydrogens (primary N) is 1. The molecule has 0 spiro atoms. The molecule has 0 aromatic rings. The van der Waals surface area contributed by atoms with Crippen LogP contribution in [-0.4, -0.2) is 18.8 Å². The average molecular weight is 252 g/mol. The fraction of sp³-hybridized carbons (Fsp3) is 0.867. The standard InChI is InChI=1S/C15H28N2O/c16-17-15(12-14-10-6-7-11-18-14)13-8-4-2-1-3-5-9-13/h8,14-15,17H,1-7,9-12,16H2. The van der Waals surface area contributed by atoms with Gasteiger partial charge in [-0.2, -0.15) is 0 Å². The topological polar surface area (TPSA) is 47.3 Å². The van der Waals surface area contributed by atoms with Crippen LogP contribution in [-0.2, 0) is 4.74 Å². The molecule has 0 bridgehead atoms. The maximum atomic E-state index is 5.83. The molecule has 1 fully saturated rings. The van der Waals surface area contributed by atoms with Crippen LogP contribution >= 0.6 is 0 Å². The first-order valence-corrected chi connectivity index (χ1v) is 7.67. The molecule has 104 valence electrons. The summed E-state index contributed by atoms with van der Waals surface area (Å²) in [4.78, 5) is 0. The van der Waals surface area contributed by atoms with Crippen LogP contribution in [0.1, 0.15) is 64.2 Å². The Morgan fingerprint density at radius 2 is 2.11 bits per heavy atom. The van der Waals surface area contributed by atoms with Gasteiger partial charge in [-0.05, 0) is 51.4 Å². The van der Waals surface area contributed by atoms with Crippen molar-refractivity contribution in [3.63, 3.8) is 0 Å². The number of rotatable bonds is 4. The molecule has 3 nitrogen and oxygen atoms in total. The largest absolute Gasteiger partial charge is 0.378 e. The zero-order chi connectivity index (χ0) is 12.6. The fourth-order valence-electron chi connectivity index (χ4n) is 3.12. The highest BCUT2D eigenvalue weighted by Gasteiger charge is 2.21. The summed E-state index contributed by atoms with van der Waals surface area (Å²) in [5.41, 5.74) is 4.54. The molecule has 2 aliphatic rings. The summed E-state index contributed by atoms with van der Waals surface area (Å²) < 4.78 is 5.83. The van der Waals surface area contributed by atoms with Gasteiger partial charge in [0.2, 0.25) is 0 Å². The second kappa shape index (κ2) is 7.93. The molecule has 2 unspecified atom stereocenters. The number of hydrogen-bond donors (Lipinski definition) is 2. The third-order valence-electron chi connectivity index (χ3n) is 4.25. The monoisotopic (exact) mass is 252 g/mol. The van der Waals surface area contributed by atoms with Gasteiger partial charge in [-0.3, -0.25) is 11.3 Å². The number of allylic oxidation sites excluding steroid dienone is 1. The van der Waals surface area contributed by atoms with E-state index >= 15 is 0 Å². The molecule has 2 rings (SSSR count). The maximum absolute atomic E-state index is 5.83. The van der Waals surface area contributed by atoms with Crippen LogP contribution in [0.4, 0.5) is 0 Å². The molecule has 0 aromatic carbocycles. The third-order valence-corrected chi connectivity index (χ3v) is 4.25. The van der Waals surface area contributed by atoms with Gasteiger partial charge in [0.25, 0.3) is 0 Å². The van der Waals surface area contributed by atoms with Gasteiger partial charge in [-0.15, -0.1) is 0 Å². The van der Waals surface area contributed by atoms with Gasteiger partial charge in [0.15, 0.2) is 0 Å². The predicted octanol–water partition coefficient (Wildman–Crippen LogP) is 3.06. The molecule has 1 aliphatic carbocycles. The van der Waals surface area contributed by atoms with E-state index in [1.54, 1.807) is 0 Å². The first-order chi connectivity index (χ1) is 8.90. The summed E-state index contributed by atoms with van der Waals surface area (Å²) >= 11 is 0. The Labute approximate surface area is 111 Å². The predicted molar refractivity (Wildman–Crippen MR) is 75.1 cm³/mol. The zero-order valence-electron chi connectivity index (χ0n) is 11.5. The highest BCUT2D eigenvalue weighted by Crippen LogP contribution is 2.24. The molecule has 0 amide bonds. The van der Waals surface area contributed by atoms with Crippen molar-refractivity contribution in [2.24, 2.45) is 5.84 Å². The number of ether oxygens (including phenoxy) is 1. The van der Waals surface area contributed by atoms with Crippen molar-refractivity contribution in [2.45, 2.75) is 76.4 Å². The second-order valence-electron chi connectivity index (χ2n) is 5.68. The van der Waals surface area contributed by atoms with E-state index in [0.29, 0.717) is 12.1 Å². The molecule has 2 atom stereocenters. The molecule has 1 aliphatic heterocycles. The lowest BCUT2D eigenvalue weighted by Gasteiger charge is -2.28. The van der Waals surface area contributed by atoms with Crippen LogP contribution in [0.25, 0.3) is 0 Å². The van der Waals surface area contributed by atoms with Crippen molar-refractivity contribution in [3.8, 4) is 0 Å². The molecule has 0 saturated carbocycles. The number of hydrogen-bond acceptors (Lipinski definition) is 3. The second-order valence-corrected chi connectivity index (χ2v) is 5.68. The van der Waals surface area contributed by atoms with Crippen LogP contribution in [0.2, 0.25) is 0 Å². The van der Waals surface area contributed by atoms with Crippen molar-refractivity contribution >= 4 is 0 Å². The summed E-state index contributed by atoms with van der Waals surface area (Å²) in [7, 11) is 0. The maximum Gasteiger partial charge on any atom is 0.0593 e. The van der Waals surface area contributed by atoms with Gasteiger partial charge in [0.05, 0.1) is 6.10 Å². The van der Waals surface area contributed by atoms with Crippen molar-refractivity contribution in [1.29, 1.82) is 0 Å². The normalized spacial score (nSPS) is 28.1. The average Bonchev–Trinajstić information content (AvgIpc) is 2.37. The summed E-state index contributed by atoms with van der Waals surface area (Å²) in [6.45, 7) is 0.932. The molecule has 1 heterocycles. The molecule has 0 radical (unpaired) electrons. The molecular formula is C15H28N2O. The zero-order valence-corrected chi connectivity index (χ0v) is 11.5. The van der Waals surface area contributed by atoms with E-state index < -0.39 is 0 Å². The highest BCUT2D eigenvalue weighted by molar-refractivity contribution is 5.11. The van der Waals surface area contributed by atoms with Crippen molar-refractivity contribution in [1.82, 2.24) is 5.43 Å². The Morgan fingerprint density at radius 1 is 1.22 bits per heavy atom. The van der Waals surface area contributed by atoms with Gasteiger partial charge < -0.3 is 4.74 Å². The van der Waals surface area contributed by atoms with Crippen LogP contribution < -0.4 is 11.3 Å². The summed E-state index contributed by atoms with van der Waals surface area (Å²) in [6, 6.07) is 0.325. The summed E-state index contributed by atoms with van der Waals surface area (Å²) in [6.07, 6.45) is 15.4. The molecule has 1 saturated heterocycles. The van der Waals surface area contributed by atoms with Gasteiger partial charge in [0.1, 0.15) is 0 Å². The van der Waals surface area contributed by atoms with Crippen LogP contribution in [0.3, 0.4) is 0 Å². The van der Waals surface area contributed by atoms with E-state index in [4.69, 9.17) is 10.6 Å². The minimum Gasteiger partial charge on any atom is -0.378 e. The molecule has 3 heteroatoms. The smallest absolute Gasteiger partial charge is 0.0593 e. The Bertz CT molecular complexity index is 259. The van der Waals surface area contributed by atoms with Crippen molar-refractivity contribution < 1.29 is 4.74 Å². The summed E-state index contributed by atoms with van der Waals surface area (Å²) in [5, 5.41) is 0. The van der Waals surface area contributed by atoms with E-state index in [2.05, 4.69) is 11.5 Å². The van der Waals surface area contributed by atoms with Crippen LogP contribution in [0.15, 0.2) is 11.6 Å². The Morgan fingerprint density at radius 3 is 2.89 bits per heavy atom. The van der Waals surface area contributed by atoms with Crippen LogP contribution in [0.5, 0.6) is 0 Å². The van der Waals surface area contributed by atoms with Gasteiger partial charge >= 0.3 is 0 Å². The lowest BCUT2D eigenvalue weighted by Crippen LogP contribution is -2.40. The molecule has 3 N–H and O–H groups in total. The lowest BCUT2D eigenvalue weighted by molar-refractivity contribution is 0.00705. The van der Waals surface area contributed by atoms with E-state index in [-0.39, 0.29) is 0 Å². The Kier molecular flexibility index (Phi) is 6.18. The Balaban J connectivity index is 1.88. The quantitative estimate of drug-likeness (QED) is 0.459. The van der Waals surface area contributed by atoms with Crippen LogP contribution in [0, 0.1) is 0 Å². The highest BCUT2D eigenvalue weighted by atomic mass is 16.5. The van der Waals surface area contributed by atoms with E-state index in [0.717, 1.165) is 13.0 Å². The Hall–Kier alpha value is -0.380. The number of hydrazine groups is 1. The molecule has 0 aromatic heterocycles. The van der Waals surface area contributed by atoms with Gasteiger partial charge in [0, 0.05) is 12.6 Å². The van der Waals surface area contributed by atoms with Gasteiger partial charge in [-0.25, -0.2) is 0 Å².